The van der Waals surface area contributed by atoms with Gasteiger partial charge in [0.2, 0.25) is 0 Å². The number of rotatable bonds is 8. The molecule has 1 aromatic rings. The smallest absolute Gasteiger partial charge is 0.257 e. The van der Waals surface area contributed by atoms with Crippen molar-refractivity contribution in [2.75, 3.05) is 27.3 Å². The van der Waals surface area contributed by atoms with Crippen LogP contribution in [0.5, 0.6) is 11.5 Å². The van der Waals surface area contributed by atoms with Crippen LogP contribution in [0.15, 0.2) is 18.2 Å². The minimum Gasteiger partial charge on any atom is -0.493 e. The van der Waals surface area contributed by atoms with Crippen LogP contribution in [-0.4, -0.2) is 33.2 Å². The normalized spacial score (nSPS) is 10.1. The third-order valence-corrected chi connectivity index (χ3v) is 2.54. The molecular weight excluding hydrogens is 244 g/mol. The summed E-state index contributed by atoms with van der Waals surface area (Å²) in [5.41, 5.74) is 1.10. The standard InChI is InChI=1S/C14H22N2O3/c1-4-7-16-14(17)10-19-12-6-5-11(9-15-2)8-13(12)18-3/h5-6,8,15H,4,7,9-10H2,1-3H3,(H,16,17). The van der Waals surface area contributed by atoms with Gasteiger partial charge < -0.3 is 20.1 Å². The molecule has 2 N–H and O–H groups in total. The summed E-state index contributed by atoms with van der Waals surface area (Å²) in [7, 11) is 3.47. The van der Waals surface area contributed by atoms with Gasteiger partial charge in [0, 0.05) is 13.1 Å². The van der Waals surface area contributed by atoms with Crippen LogP contribution >= 0.6 is 0 Å². The van der Waals surface area contributed by atoms with Crippen molar-refractivity contribution in [1.82, 2.24) is 10.6 Å². The topological polar surface area (TPSA) is 59.6 Å². The number of nitrogens with one attached hydrogen (secondary N) is 2. The monoisotopic (exact) mass is 266 g/mol. The fourth-order valence-corrected chi connectivity index (χ4v) is 1.60. The zero-order chi connectivity index (χ0) is 14.1. The van der Waals surface area contributed by atoms with Crippen LogP contribution in [0.1, 0.15) is 18.9 Å². The first-order chi connectivity index (χ1) is 9.21. The summed E-state index contributed by atoms with van der Waals surface area (Å²) in [6, 6.07) is 5.66. The van der Waals surface area contributed by atoms with Gasteiger partial charge in [-0.05, 0) is 31.2 Å². The SMILES string of the molecule is CCCNC(=O)COc1ccc(CNC)cc1OC. The molecule has 0 bridgehead atoms. The van der Waals surface area contributed by atoms with Gasteiger partial charge in [-0.1, -0.05) is 13.0 Å². The average Bonchev–Trinajstić information content (AvgIpc) is 2.43. The van der Waals surface area contributed by atoms with E-state index in [-0.39, 0.29) is 12.5 Å². The molecule has 1 rings (SSSR count). The third-order valence-electron chi connectivity index (χ3n) is 2.54. The first kappa shape index (κ1) is 15.3. The third kappa shape index (κ3) is 5.18. The Hall–Kier alpha value is -1.75. The second-order valence-electron chi connectivity index (χ2n) is 4.15. The fraction of sp³-hybridized carbons (Fsp3) is 0.500. The molecule has 5 heteroatoms. The number of ether oxygens (including phenoxy) is 2. The van der Waals surface area contributed by atoms with E-state index >= 15 is 0 Å². The van der Waals surface area contributed by atoms with Crippen molar-refractivity contribution in [3.05, 3.63) is 23.8 Å². The molecule has 0 unspecified atom stereocenters. The van der Waals surface area contributed by atoms with Crippen LogP contribution < -0.4 is 20.1 Å². The summed E-state index contributed by atoms with van der Waals surface area (Å²) in [6.07, 6.45) is 0.910. The lowest BCUT2D eigenvalue weighted by atomic mass is 10.2. The van der Waals surface area contributed by atoms with E-state index in [0.717, 1.165) is 18.5 Å². The lowest BCUT2D eigenvalue weighted by molar-refractivity contribution is -0.123. The summed E-state index contributed by atoms with van der Waals surface area (Å²) in [5, 5.41) is 5.82. The maximum atomic E-state index is 11.5. The Morgan fingerprint density at radius 1 is 1.32 bits per heavy atom. The first-order valence-electron chi connectivity index (χ1n) is 6.42. The highest BCUT2D eigenvalue weighted by molar-refractivity contribution is 5.77. The van der Waals surface area contributed by atoms with Crippen LogP contribution in [0.25, 0.3) is 0 Å². The van der Waals surface area contributed by atoms with Crippen LogP contribution in [0.2, 0.25) is 0 Å². The summed E-state index contributed by atoms with van der Waals surface area (Å²) < 4.78 is 10.7. The quantitative estimate of drug-likeness (QED) is 0.745. The van der Waals surface area contributed by atoms with E-state index in [9.17, 15) is 4.79 Å². The van der Waals surface area contributed by atoms with Crippen LogP contribution in [0.4, 0.5) is 0 Å². The molecule has 1 aromatic carbocycles. The number of carbonyl (C=O) groups excluding carboxylic acids is 1. The van der Waals surface area contributed by atoms with Crippen molar-refractivity contribution in [2.24, 2.45) is 0 Å². The molecule has 0 saturated heterocycles. The van der Waals surface area contributed by atoms with Gasteiger partial charge in [0.25, 0.3) is 5.91 Å². The average molecular weight is 266 g/mol. The summed E-state index contributed by atoms with van der Waals surface area (Å²) >= 11 is 0. The molecule has 19 heavy (non-hydrogen) atoms. The molecule has 0 aliphatic carbocycles. The minimum atomic E-state index is -0.122. The number of hydrogen-bond acceptors (Lipinski definition) is 4. The molecular formula is C14H22N2O3. The van der Waals surface area contributed by atoms with Gasteiger partial charge in [0.1, 0.15) is 0 Å². The highest BCUT2D eigenvalue weighted by atomic mass is 16.5. The van der Waals surface area contributed by atoms with E-state index in [1.165, 1.54) is 0 Å². The van der Waals surface area contributed by atoms with Gasteiger partial charge in [0.15, 0.2) is 18.1 Å². The van der Waals surface area contributed by atoms with Crippen molar-refractivity contribution in [3.63, 3.8) is 0 Å². The highest BCUT2D eigenvalue weighted by Gasteiger charge is 2.08. The molecule has 0 radical (unpaired) electrons. The zero-order valence-electron chi connectivity index (χ0n) is 11.8. The molecule has 0 aliphatic rings. The molecule has 0 saturated carbocycles. The maximum absolute atomic E-state index is 11.5. The largest absolute Gasteiger partial charge is 0.493 e. The van der Waals surface area contributed by atoms with Gasteiger partial charge in [0.05, 0.1) is 7.11 Å². The van der Waals surface area contributed by atoms with Gasteiger partial charge in [-0.2, -0.15) is 0 Å². The molecule has 0 spiro atoms. The fourth-order valence-electron chi connectivity index (χ4n) is 1.60. The summed E-state index contributed by atoms with van der Waals surface area (Å²) in [4.78, 5) is 11.5. The van der Waals surface area contributed by atoms with E-state index in [4.69, 9.17) is 9.47 Å². The van der Waals surface area contributed by atoms with Gasteiger partial charge in [-0.25, -0.2) is 0 Å². The Balaban J connectivity index is 2.59. The molecule has 0 aromatic heterocycles. The van der Waals surface area contributed by atoms with Crippen LogP contribution in [0, 0.1) is 0 Å². The predicted molar refractivity (Wildman–Crippen MR) is 74.6 cm³/mol. The minimum absolute atomic E-state index is 0.00172. The second kappa shape index (κ2) is 8.37. The Bertz CT molecular complexity index is 408. The van der Waals surface area contributed by atoms with E-state index in [0.29, 0.717) is 18.0 Å². The van der Waals surface area contributed by atoms with E-state index in [1.807, 2.05) is 32.2 Å². The second-order valence-corrected chi connectivity index (χ2v) is 4.15. The molecule has 0 heterocycles. The van der Waals surface area contributed by atoms with Crippen molar-refractivity contribution in [2.45, 2.75) is 19.9 Å². The highest BCUT2D eigenvalue weighted by Crippen LogP contribution is 2.27. The lowest BCUT2D eigenvalue weighted by Gasteiger charge is -2.12. The molecule has 0 fully saturated rings. The van der Waals surface area contributed by atoms with Gasteiger partial charge >= 0.3 is 0 Å². The Labute approximate surface area is 114 Å². The molecule has 0 aliphatic heterocycles. The van der Waals surface area contributed by atoms with E-state index < -0.39 is 0 Å². The predicted octanol–water partition coefficient (Wildman–Crippen LogP) is 1.32. The van der Waals surface area contributed by atoms with Crippen molar-refractivity contribution >= 4 is 5.91 Å². The number of hydrogen-bond donors (Lipinski definition) is 2. The summed E-state index contributed by atoms with van der Waals surface area (Å²) in [5.74, 6) is 1.09. The Morgan fingerprint density at radius 3 is 2.74 bits per heavy atom. The number of benzene rings is 1. The van der Waals surface area contributed by atoms with Gasteiger partial charge in [-0.15, -0.1) is 0 Å². The number of carbonyl (C=O) groups is 1. The molecule has 106 valence electrons. The zero-order valence-corrected chi connectivity index (χ0v) is 11.8. The van der Waals surface area contributed by atoms with Crippen molar-refractivity contribution in [1.29, 1.82) is 0 Å². The number of amides is 1. The van der Waals surface area contributed by atoms with Crippen molar-refractivity contribution < 1.29 is 14.3 Å². The number of methoxy groups -OCH3 is 1. The molecule has 1 amide bonds. The van der Waals surface area contributed by atoms with Gasteiger partial charge in [-0.3, -0.25) is 4.79 Å². The van der Waals surface area contributed by atoms with Crippen LogP contribution in [0.3, 0.4) is 0 Å². The van der Waals surface area contributed by atoms with Crippen LogP contribution in [-0.2, 0) is 11.3 Å². The lowest BCUT2D eigenvalue weighted by Crippen LogP contribution is -2.29. The Morgan fingerprint density at radius 2 is 2.11 bits per heavy atom. The maximum Gasteiger partial charge on any atom is 0.257 e. The van der Waals surface area contributed by atoms with E-state index in [2.05, 4.69) is 10.6 Å². The van der Waals surface area contributed by atoms with Crippen molar-refractivity contribution in [3.8, 4) is 11.5 Å². The Kier molecular flexibility index (Phi) is 6.74. The molecule has 0 atom stereocenters. The first-order valence-corrected chi connectivity index (χ1v) is 6.42. The summed E-state index contributed by atoms with van der Waals surface area (Å²) in [6.45, 7) is 3.43. The van der Waals surface area contributed by atoms with E-state index in [1.54, 1.807) is 7.11 Å². The molecule has 5 nitrogen and oxygen atoms in total.